The van der Waals surface area contributed by atoms with Crippen molar-refractivity contribution < 1.29 is 0 Å². The van der Waals surface area contributed by atoms with Crippen LogP contribution in [0.1, 0.15) is 39.5 Å². The molecule has 2 fully saturated rings. The minimum absolute atomic E-state index is 0.536. The smallest absolute Gasteiger partial charge is 0.0251 e. The highest BCUT2D eigenvalue weighted by Crippen LogP contribution is 2.26. The van der Waals surface area contributed by atoms with Crippen molar-refractivity contribution in [1.29, 1.82) is 0 Å². The van der Waals surface area contributed by atoms with E-state index in [1.807, 2.05) is 0 Å². The van der Waals surface area contributed by atoms with Crippen molar-refractivity contribution >= 4 is 0 Å². The van der Waals surface area contributed by atoms with E-state index in [1.54, 1.807) is 0 Å². The van der Waals surface area contributed by atoms with Crippen LogP contribution >= 0.6 is 0 Å². The highest BCUT2D eigenvalue weighted by molar-refractivity contribution is 4.96. The Hall–Kier alpha value is -0.340. The van der Waals surface area contributed by atoms with Gasteiger partial charge in [0.25, 0.3) is 0 Å². The van der Waals surface area contributed by atoms with Gasteiger partial charge in [-0.15, -0.1) is 6.58 Å². The van der Waals surface area contributed by atoms with Gasteiger partial charge in [-0.3, -0.25) is 9.80 Å². The zero-order valence-electron chi connectivity index (χ0n) is 10.9. The summed E-state index contributed by atoms with van der Waals surface area (Å²) in [5.74, 6) is 0. The summed E-state index contributed by atoms with van der Waals surface area (Å²) in [7, 11) is 0. The minimum atomic E-state index is 0.536. The van der Waals surface area contributed by atoms with Crippen molar-refractivity contribution in [2.45, 2.75) is 57.7 Å². The Morgan fingerprint density at radius 2 is 2.19 bits per heavy atom. The van der Waals surface area contributed by atoms with Crippen molar-refractivity contribution in [3.63, 3.8) is 0 Å². The van der Waals surface area contributed by atoms with Crippen LogP contribution in [0.4, 0.5) is 0 Å². The summed E-state index contributed by atoms with van der Waals surface area (Å²) in [4.78, 5) is 5.39. The molecule has 3 atom stereocenters. The van der Waals surface area contributed by atoms with Gasteiger partial charge in [-0.25, -0.2) is 0 Å². The third-order valence-corrected chi connectivity index (χ3v) is 4.42. The van der Waals surface area contributed by atoms with Gasteiger partial charge in [-0.2, -0.15) is 0 Å². The molecule has 0 aromatic carbocycles. The molecule has 2 aliphatic heterocycles. The van der Waals surface area contributed by atoms with Gasteiger partial charge in [0.05, 0.1) is 0 Å². The van der Waals surface area contributed by atoms with Crippen LogP contribution < -0.4 is 0 Å². The van der Waals surface area contributed by atoms with Gasteiger partial charge in [0.15, 0.2) is 0 Å². The molecule has 2 saturated heterocycles. The number of hydrogen-bond donors (Lipinski definition) is 0. The van der Waals surface area contributed by atoms with Crippen LogP contribution in [0.25, 0.3) is 0 Å². The average molecular weight is 222 g/mol. The minimum Gasteiger partial charge on any atom is -0.298 e. The number of nitrogens with zero attached hydrogens (tertiary/aromatic N) is 2. The number of hydrogen-bond acceptors (Lipinski definition) is 2. The van der Waals surface area contributed by atoms with E-state index in [1.165, 1.54) is 45.3 Å². The van der Waals surface area contributed by atoms with Crippen LogP contribution in [0.3, 0.4) is 0 Å². The predicted molar refractivity (Wildman–Crippen MR) is 69.7 cm³/mol. The van der Waals surface area contributed by atoms with Gasteiger partial charge >= 0.3 is 0 Å². The van der Waals surface area contributed by atoms with Gasteiger partial charge in [0.2, 0.25) is 0 Å². The molecule has 3 unspecified atom stereocenters. The number of piperidine rings is 1. The summed E-state index contributed by atoms with van der Waals surface area (Å²) < 4.78 is 0. The molecular formula is C14H26N2. The van der Waals surface area contributed by atoms with E-state index >= 15 is 0 Å². The van der Waals surface area contributed by atoms with E-state index in [2.05, 4.69) is 36.3 Å². The summed E-state index contributed by atoms with van der Waals surface area (Å²) >= 11 is 0. The van der Waals surface area contributed by atoms with Crippen molar-refractivity contribution in [3.8, 4) is 0 Å². The topological polar surface area (TPSA) is 6.48 Å². The molecule has 92 valence electrons. The molecule has 2 heteroatoms. The molecule has 0 amide bonds. The van der Waals surface area contributed by atoms with Crippen LogP contribution in [-0.4, -0.2) is 47.6 Å². The molecule has 0 N–H and O–H groups in total. The summed E-state index contributed by atoms with van der Waals surface area (Å²) in [6, 6.07) is 2.09. The summed E-state index contributed by atoms with van der Waals surface area (Å²) in [5.41, 5.74) is 0. The maximum absolute atomic E-state index is 3.95. The molecule has 0 radical (unpaired) electrons. The van der Waals surface area contributed by atoms with Gasteiger partial charge in [-0.1, -0.05) is 19.4 Å². The zero-order chi connectivity index (χ0) is 11.5. The Kier molecular flexibility index (Phi) is 4.04. The first kappa shape index (κ1) is 12.1. The van der Waals surface area contributed by atoms with Crippen LogP contribution in [0, 0.1) is 0 Å². The van der Waals surface area contributed by atoms with E-state index in [0.29, 0.717) is 6.04 Å². The Balaban J connectivity index is 2.04. The van der Waals surface area contributed by atoms with Gasteiger partial charge in [0.1, 0.15) is 0 Å². The lowest BCUT2D eigenvalue weighted by atomic mass is 9.94. The van der Waals surface area contributed by atoms with Crippen molar-refractivity contribution in [2.75, 3.05) is 19.6 Å². The van der Waals surface area contributed by atoms with Crippen LogP contribution in [-0.2, 0) is 0 Å². The second kappa shape index (κ2) is 5.33. The lowest BCUT2D eigenvalue weighted by Crippen LogP contribution is -2.61. The third-order valence-electron chi connectivity index (χ3n) is 4.42. The first-order valence-corrected chi connectivity index (χ1v) is 6.88. The molecule has 16 heavy (non-hydrogen) atoms. The van der Waals surface area contributed by atoms with Gasteiger partial charge < -0.3 is 0 Å². The number of rotatable bonds is 3. The fourth-order valence-corrected chi connectivity index (χ4v) is 3.27. The molecule has 2 heterocycles. The van der Waals surface area contributed by atoms with Crippen molar-refractivity contribution in [2.24, 2.45) is 0 Å². The Labute approximate surface area is 100 Å². The Bertz CT molecular complexity index is 239. The summed E-state index contributed by atoms with van der Waals surface area (Å²) in [6.07, 6.45) is 7.59. The van der Waals surface area contributed by atoms with E-state index in [-0.39, 0.29) is 0 Å². The average Bonchev–Trinajstić information content (AvgIpc) is 2.36. The Morgan fingerprint density at radius 3 is 2.88 bits per heavy atom. The van der Waals surface area contributed by atoms with Crippen LogP contribution in [0.2, 0.25) is 0 Å². The van der Waals surface area contributed by atoms with E-state index in [4.69, 9.17) is 0 Å². The van der Waals surface area contributed by atoms with Crippen LogP contribution in [0.15, 0.2) is 12.7 Å². The fraction of sp³-hybridized carbons (Fsp3) is 0.857. The van der Waals surface area contributed by atoms with Gasteiger partial charge in [0, 0.05) is 31.2 Å². The lowest BCUT2D eigenvalue weighted by molar-refractivity contribution is -0.00260. The molecule has 0 bridgehead atoms. The first-order chi connectivity index (χ1) is 7.76. The quantitative estimate of drug-likeness (QED) is 0.677. The molecule has 0 aromatic heterocycles. The fourth-order valence-electron chi connectivity index (χ4n) is 3.27. The van der Waals surface area contributed by atoms with Crippen molar-refractivity contribution in [1.82, 2.24) is 9.80 Å². The summed E-state index contributed by atoms with van der Waals surface area (Å²) in [5, 5.41) is 0. The molecular weight excluding hydrogens is 196 g/mol. The maximum Gasteiger partial charge on any atom is 0.0251 e. The molecule has 2 rings (SSSR count). The second-order valence-corrected chi connectivity index (χ2v) is 5.38. The van der Waals surface area contributed by atoms with Crippen molar-refractivity contribution in [3.05, 3.63) is 12.7 Å². The molecule has 2 nitrogen and oxygen atoms in total. The summed E-state index contributed by atoms with van der Waals surface area (Å²) in [6.45, 7) is 12.4. The normalized spacial score (nSPS) is 34.4. The Morgan fingerprint density at radius 1 is 1.38 bits per heavy atom. The molecule has 0 aliphatic carbocycles. The highest BCUT2D eigenvalue weighted by Gasteiger charge is 2.35. The predicted octanol–water partition coefficient (Wildman–Crippen LogP) is 2.51. The lowest BCUT2D eigenvalue weighted by Gasteiger charge is -2.50. The molecule has 2 aliphatic rings. The maximum atomic E-state index is 3.95. The van der Waals surface area contributed by atoms with E-state index in [9.17, 15) is 0 Å². The first-order valence-electron chi connectivity index (χ1n) is 6.88. The third kappa shape index (κ3) is 2.33. The number of piperazine rings is 1. The van der Waals surface area contributed by atoms with E-state index in [0.717, 1.165) is 12.1 Å². The molecule has 0 spiro atoms. The highest BCUT2D eigenvalue weighted by atomic mass is 15.3. The van der Waals surface area contributed by atoms with E-state index < -0.39 is 0 Å². The SMILES string of the molecule is C=CC(C)N1CC2CCCCN2CC1CC. The molecule has 0 saturated carbocycles. The zero-order valence-corrected chi connectivity index (χ0v) is 10.9. The monoisotopic (exact) mass is 222 g/mol. The van der Waals surface area contributed by atoms with Crippen LogP contribution in [0.5, 0.6) is 0 Å². The number of fused-ring (bicyclic) bond motifs is 1. The molecule has 0 aromatic rings. The van der Waals surface area contributed by atoms with Gasteiger partial charge in [-0.05, 0) is 32.7 Å². The second-order valence-electron chi connectivity index (χ2n) is 5.38. The largest absolute Gasteiger partial charge is 0.298 e. The standard InChI is InChI=1S/C14H26N2/c1-4-12(3)16-11-14-8-6-7-9-15(14)10-13(16)5-2/h4,12-14H,1,5-11H2,2-3H3.